The van der Waals surface area contributed by atoms with Gasteiger partial charge in [0.15, 0.2) is 5.69 Å². The standard InChI is InChI=1S/C26H31N3O3/c1-19-9-10-23(20(2)15-19)16-29(21(3)22-7-5-4-6-8-22)17-25-27-24(18-32-25)26(30)28-11-13-31-14-12-28/h4-10,15,18,21H,11-14,16-17H2,1-3H3/t21-/m1/s1. The summed E-state index contributed by atoms with van der Waals surface area (Å²) in [4.78, 5) is 21.4. The van der Waals surface area contributed by atoms with Gasteiger partial charge in [0.2, 0.25) is 5.89 Å². The zero-order valence-electron chi connectivity index (χ0n) is 19.1. The molecular formula is C26H31N3O3. The SMILES string of the molecule is Cc1ccc(CN(Cc2nc(C(=O)N3CCOCC3)co2)[C@H](C)c2ccccc2)c(C)c1. The molecule has 168 valence electrons. The van der Waals surface area contributed by atoms with E-state index in [1.807, 2.05) is 6.07 Å². The van der Waals surface area contributed by atoms with Gasteiger partial charge in [0.1, 0.15) is 6.26 Å². The quantitative estimate of drug-likeness (QED) is 0.548. The average molecular weight is 434 g/mol. The van der Waals surface area contributed by atoms with Gasteiger partial charge in [0, 0.05) is 25.7 Å². The maximum Gasteiger partial charge on any atom is 0.275 e. The van der Waals surface area contributed by atoms with Gasteiger partial charge in [-0.25, -0.2) is 4.98 Å². The van der Waals surface area contributed by atoms with E-state index in [1.54, 1.807) is 4.90 Å². The number of nitrogens with zero attached hydrogens (tertiary/aromatic N) is 3. The van der Waals surface area contributed by atoms with Crippen molar-refractivity contribution in [2.24, 2.45) is 0 Å². The first kappa shape index (κ1) is 22.2. The average Bonchev–Trinajstić information content (AvgIpc) is 3.29. The van der Waals surface area contributed by atoms with Crippen LogP contribution < -0.4 is 0 Å². The monoisotopic (exact) mass is 433 g/mol. The van der Waals surface area contributed by atoms with E-state index in [4.69, 9.17) is 9.15 Å². The highest BCUT2D eigenvalue weighted by molar-refractivity contribution is 5.92. The van der Waals surface area contributed by atoms with E-state index in [0.717, 1.165) is 6.54 Å². The number of ether oxygens (including phenoxy) is 1. The second kappa shape index (κ2) is 10.1. The fourth-order valence-corrected chi connectivity index (χ4v) is 4.10. The molecule has 3 aromatic rings. The number of hydrogen-bond donors (Lipinski definition) is 0. The molecule has 2 heterocycles. The number of aromatic nitrogens is 1. The Bertz CT molecular complexity index is 1040. The smallest absolute Gasteiger partial charge is 0.275 e. The summed E-state index contributed by atoms with van der Waals surface area (Å²) in [5.74, 6) is 0.453. The van der Waals surface area contributed by atoms with Crippen LogP contribution in [0.1, 0.15) is 51.6 Å². The van der Waals surface area contributed by atoms with Gasteiger partial charge in [0.25, 0.3) is 5.91 Å². The largest absolute Gasteiger partial charge is 0.447 e. The van der Waals surface area contributed by atoms with Gasteiger partial charge in [-0.05, 0) is 37.5 Å². The van der Waals surface area contributed by atoms with E-state index >= 15 is 0 Å². The predicted octanol–water partition coefficient (Wildman–Crippen LogP) is 4.53. The van der Waals surface area contributed by atoms with Gasteiger partial charge in [-0.2, -0.15) is 0 Å². The van der Waals surface area contributed by atoms with Crippen molar-refractivity contribution >= 4 is 5.91 Å². The second-order valence-corrected chi connectivity index (χ2v) is 8.45. The Morgan fingerprint density at radius 2 is 1.84 bits per heavy atom. The summed E-state index contributed by atoms with van der Waals surface area (Å²) in [5, 5.41) is 0. The Balaban J connectivity index is 1.55. The molecule has 1 aliphatic heterocycles. The van der Waals surface area contributed by atoms with Crippen LogP contribution in [-0.2, 0) is 17.8 Å². The maximum absolute atomic E-state index is 12.8. The molecule has 0 bridgehead atoms. The third-order valence-corrected chi connectivity index (χ3v) is 6.11. The maximum atomic E-state index is 12.8. The number of amides is 1. The summed E-state index contributed by atoms with van der Waals surface area (Å²) in [6, 6.07) is 17.1. The third kappa shape index (κ3) is 5.26. The Kier molecular flexibility index (Phi) is 7.02. The van der Waals surface area contributed by atoms with E-state index in [-0.39, 0.29) is 11.9 Å². The summed E-state index contributed by atoms with van der Waals surface area (Å²) in [6.45, 7) is 10.0. The molecule has 0 N–H and O–H groups in total. The highest BCUT2D eigenvalue weighted by Crippen LogP contribution is 2.26. The molecule has 6 heteroatoms. The van der Waals surface area contributed by atoms with Crippen LogP contribution in [0.2, 0.25) is 0 Å². The fourth-order valence-electron chi connectivity index (χ4n) is 4.10. The molecule has 1 aliphatic rings. The van der Waals surface area contributed by atoms with E-state index in [0.29, 0.717) is 44.4 Å². The lowest BCUT2D eigenvalue weighted by atomic mass is 10.0. The molecule has 4 rings (SSSR count). The van der Waals surface area contributed by atoms with Crippen LogP contribution in [-0.4, -0.2) is 47.0 Å². The number of rotatable bonds is 7. The predicted molar refractivity (Wildman–Crippen MR) is 123 cm³/mol. The van der Waals surface area contributed by atoms with Gasteiger partial charge in [-0.15, -0.1) is 0 Å². The highest BCUT2D eigenvalue weighted by Gasteiger charge is 2.24. The zero-order chi connectivity index (χ0) is 22.5. The number of oxazole rings is 1. The molecule has 0 unspecified atom stereocenters. The lowest BCUT2D eigenvalue weighted by Crippen LogP contribution is -2.40. The van der Waals surface area contributed by atoms with Crippen molar-refractivity contribution in [1.29, 1.82) is 0 Å². The van der Waals surface area contributed by atoms with Crippen molar-refractivity contribution in [2.45, 2.75) is 39.9 Å². The Labute approximate surface area is 189 Å². The van der Waals surface area contributed by atoms with Crippen LogP contribution in [0.3, 0.4) is 0 Å². The first-order valence-electron chi connectivity index (χ1n) is 11.2. The topological polar surface area (TPSA) is 58.8 Å². The first-order valence-corrected chi connectivity index (χ1v) is 11.2. The molecule has 32 heavy (non-hydrogen) atoms. The Hall–Kier alpha value is -2.96. The van der Waals surface area contributed by atoms with Gasteiger partial charge in [-0.3, -0.25) is 9.69 Å². The molecule has 2 aromatic carbocycles. The minimum absolute atomic E-state index is 0.0969. The number of hydrogen-bond acceptors (Lipinski definition) is 5. The molecule has 0 aliphatic carbocycles. The summed E-state index contributed by atoms with van der Waals surface area (Å²) < 4.78 is 11.1. The molecule has 6 nitrogen and oxygen atoms in total. The van der Waals surface area contributed by atoms with Gasteiger partial charge >= 0.3 is 0 Å². The van der Waals surface area contributed by atoms with Crippen LogP contribution in [0, 0.1) is 13.8 Å². The van der Waals surface area contributed by atoms with Crippen LogP contribution in [0.25, 0.3) is 0 Å². The van der Waals surface area contributed by atoms with Crippen molar-refractivity contribution in [2.75, 3.05) is 26.3 Å². The van der Waals surface area contributed by atoms with Gasteiger partial charge in [-0.1, -0.05) is 54.1 Å². The minimum atomic E-state index is -0.0969. The molecule has 1 aromatic heterocycles. The summed E-state index contributed by atoms with van der Waals surface area (Å²) in [5.41, 5.74) is 5.39. The number of carbonyl (C=O) groups excluding carboxylic acids is 1. The van der Waals surface area contributed by atoms with Gasteiger partial charge in [0.05, 0.1) is 19.8 Å². The zero-order valence-corrected chi connectivity index (χ0v) is 19.1. The van der Waals surface area contributed by atoms with Gasteiger partial charge < -0.3 is 14.1 Å². The van der Waals surface area contributed by atoms with E-state index in [9.17, 15) is 4.79 Å². The molecular weight excluding hydrogens is 402 g/mol. The minimum Gasteiger partial charge on any atom is -0.447 e. The summed E-state index contributed by atoms with van der Waals surface area (Å²) >= 11 is 0. The molecule has 0 spiro atoms. The summed E-state index contributed by atoms with van der Waals surface area (Å²) in [7, 11) is 0. The van der Waals surface area contributed by atoms with Crippen LogP contribution in [0.4, 0.5) is 0 Å². The molecule has 1 amide bonds. The Morgan fingerprint density at radius 1 is 1.09 bits per heavy atom. The van der Waals surface area contributed by atoms with Crippen molar-refractivity contribution in [3.8, 4) is 0 Å². The molecule has 1 atom stereocenters. The van der Waals surface area contributed by atoms with Crippen molar-refractivity contribution < 1.29 is 13.9 Å². The number of carbonyl (C=O) groups is 1. The van der Waals surface area contributed by atoms with E-state index in [2.05, 4.69) is 73.1 Å². The molecule has 0 radical (unpaired) electrons. The molecule has 0 saturated carbocycles. The molecule has 1 fully saturated rings. The second-order valence-electron chi connectivity index (χ2n) is 8.45. The van der Waals surface area contributed by atoms with Crippen LogP contribution >= 0.6 is 0 Å². The van der Waals surface area contributed by atoms with Crippen molar-refractivity contribution in [3.63, 3.8) is 0 Å². The fraction of sp³-hybridized carbons (Fsp3) is 0.385. The van der Waals surface area contributed by atoms with Crippen molar-refractivity contribution in [3.05, 3.63) is 88.6 Å². The van der Waals surface area contributed by atoms with Crippen LogP contribution in [0.5, 0.6) is 0 Å². The summed E-state index contributed by atoms with van der Waals surface area (Å²) in [6.07, 6.45) is 1.48. The number of aryl methyl sites for hydroxylation is 2. The first-order chi connectivity index (χ1) is 15.5. The normalized spacial score (nSPS) is 15.2. The Morgan fingerprint density at radius 3 is 2.56 bits per heavy atom. The lowest BCUT2D eigenvalue weighted by molar-refractivity contribution is 0.0299. The van der Waals surface area contributed by atoms with Crippen LogP contribution in [0.15, 0.2) is 59.2 Å². The number of morpholine rings is 1. The lowest BCUT2D eigenvalue weighted by Gasteiger charge is -2.29. The highest BCUT2D eigenvalue weighted by atomic mass is 16.5. The molecule has 1 saturated heterocycles. The van der Waals surface area contributed by atoms with E-state index < -0.39 is 0 Å². The number of benzene rings is 2. The van der Waals surface area contributed by atoms with Crippen molar-refractivity contribution in [1.82, 2.24) is 14.8 Å². The van der Waals surface area contributed by atoms with E-state index in [1.165, 1.54) is 28.5 Å². The third-order valence-electron chi connectivity index (χ3n) is 6.11.